The van der Waals surface area contributed by atoms with Gasteiger partial charge in [0.1, 0.15) is 5.60 Å². The van der Waals surface area contributed by atoms with Gasteiger partial charge in [-0.05, 0) is 51.7 Å². The number of nitrogens with zero attached hydrogens (tertiary/aromatic N) is 1. The Balaban J connectivity index is 2.10. The number of aromatic nitrogens is 1. The Morgan fingerprint density at radius 1 is 1.41 bits per heavy atom. The van der Waals surface area contributed by atoms with E-state index in [4.69, 9.17) is 4.74 Å². The molecule has 0 unspecified atom stereocenters. The molecular weight excluding hydrogens is 216 g/mol. The molecule has 0 bridgehead atoms. The van der Waals surface area contributed by atoms with E-state index in [1.54, 1.807) is 6.20 Å². The second-order valence-electron chi connectivity index (χ2n) is 5.26. The molecule has 1 N–H and O–H groups in total. The molecule has 17 heavy (non-hydrogen) atoms. The number of aryl methyl sites for hydroxylation is 1. The van der Waals surface area contributed by atoms with Crippen molar-refractivity contribution < 1.29 is 9.53 Å². The molecule has 0 fully saturated rings. The van der Waals surface area contributed by atoms with Gasteiger partial charge in [-0.3, -0.25) is 10.3 Å². The highest BCUT2D eigenvalue weighted by Crippen LogP contribution is 2.27. The van der Waals surface area contributed by atoms with Crippen LogP contribution in [0.3, 0.4) is 0 Å². The second kappa shape index (κ2) is 4.35. The molecular formula is C13H18N2O2. The number of hydrogen-bond donors (Lipinski definition) is 1. The number of carbonyl (C=O) groups is 1. The molecule has 0 spiro atoms. The predicted molar refractivity (Wildman–Crippen MR) is 66.1 cm³/mol. The normalized spacial score (nSPS) is 14.3. The van der Waals surface area contributed by atoms with Crippen LogP contribution in [-0.2, 0) is 17.6 Å². The number of carbonyl (C=O) groups excluding carboxylic acids is 1. The number of anilines is 1. The Hall–Kier alpha value is -1.58. The highest BCUT2D eigenvalue weighted by atomic mass is 16.6. The van der Waals surface area contributed by atoms with E-state index in [-0.39, 0.29) is 0 Å². The lowest BCUT2D eigenvalue weighted by Crippen LogP contribution is -2.27. The third kappa shape index (κ3) is 2.96. The van der Waals surface area contributed by atoms with E-state index in [1.165, 1.54) is 0 Å². The summed E-state index contributed by atoms with van der Waals surface area (Å²) in [7, 11) is 0. The maximum atomic E-state index is 11.7. The van der Waals surface area contributed by atoms with Gasteiger partial charge in [0.05, 0.1) is 5.69 Å². The van der Waals surface area contributed by atoms with Crippen molar-refractivity contribution in [1.29, 1.82) is 0 Å². The Labute approximate surface area is 101 Å². The molecule has 0 radical (unpaired) electrons. The fourth-order valence-corrected chi connectivity index (χ4v) is 1.99. The number of ether oxygens (including phenoxy) is 1. The van der Waals surface area contributed by atoms with Crippen molar-refractivity contribution in [3.05, 3.63) is 23.5 Å². The first-order valence-electron chi connectivity index (χ1n) is 5.92. The Morgan fingerprint density at radius 3 is 2.88 bits per heavy atom. The number of amides is 1. The van der Waals surface area contributed by atoms with Crippen molar-refractivity contribution >= 4 is 11.8 Å². The standard InChI is InChI=1S/C13H18N2O2/c1-13(2,3)17-12(16)15-11-7-8-14-10-6-4-5-9(10)11/h7-8H,4-6H2,1-3H3,(H,14,15,16). The fourth-order valence-electron chi connectivity index (χ4n) is 1.99. The number of nitrogens with one attached hydrogen (secondary N) is 1. The summed E-state index contributed by atoms with van der Waals surface area (Å²) in [5, 5.41) is 2.80. The van der Waals surface area contributed by atoms with Crippen molar-refractivity contribution in [2.24, 2.45) is 0 Å². The van der Waals surface area contributed by atoms with Crippen LogP contribution in [0.5, 0.6) is 0 Å². The summed E-state index contributed by atoms with van der Waals surface area (Å²) in [5.74, 6) is 0. The van der Waals surface area contributed by atoms with Crippen molar-refractivity contribution in [2.45, 2.75) is 45.6 Å². The molecule has 1 aliphatic carbocycles. The van der Waals surface area contributed by atoms with Gasteiger partial charge >= 0.3 is 6.09 Å². The molecule has 2 rings (SSSR count). The van der Waals surface area contributed by atoms with Crippen LogP contribution in [0, 0.1) is 0 Å². The number of rotatable bonds is 1. The van der Waals surface area contributed by atoms with Gasteiger partial charge in [0, 0.05) is 11.9 Å². The highest BCUT2D eigenvalue weighted by Gasteiger charge is 2.20. The van der Waals surface area contributed by atoms with Gasteiger partial charge in [-0.1, -0.05) is 0 Å². The molecule has 4 nitrogen and oxygen atoms in total. The summed E-state index contributed by atoms with van der Waals surface area (Å²) in [5.41, 5.74) is 2.61. The zero-order valence-electron chi connectivity index (χ0n) is 10.5. The lowest BCUT2D eigenvalue weighted by atomic mass is 10.2. The summed E-state index contributed by atoms with van der Waals surface area (Å²) in [4.78, 5) is 16.0. The summed E-state index contributed by atoms with van der Waals surface area (Å²) in [6.07, 6.45) is 4.41. The molecule has 92 valence electrons. The lowest BCUT2D eigenvalue weighted by molar-refractivity contribution is 0.0636. The van der Waals surface area contributed by atoms with Gasteiger partial charge in [-0.15, -0.1) is 0 Å². The van der Waals surface area contributed by atoms with Gasteiger partial charge in [-0.2, -0.15) is 0 Å². The fraction of sp³-hybridized carbons (Fsp3) is 0.538. The summed E-state index contributed by atoms with van der Waals surface area (Å²) in [6.45, 7) is 5.55. The van der Waals surface area contributed by atoms with E-state index < -0.39 is 11.7 Å². The van der Waals surface area contributed by atoms with Gasteiger partial charge in [-0.25, -0.2) is 4.79 Å². The third-order valence-electron chi connectivity index (χ3n) is 2.62. The molecule has 4 heteroatoms. The first kappa shape index (κ1) is 11.9. The van der Waals surface area contributed by atoms with E-state index in [1.807, 2.05) is 26.8 Å². The van der Waals surface area contributed by atoms with Crippen LogP contribution < -0.4 is 5.32 Å². The molecule has 1 aromatic heterocycles. The van der Waals surface area contributed by atoms with E-state index in [0.29, 0.717) is 0 Å². The minimum Gasteiger partial charge on any atom is -0.444 e. The van der Waals surface area contributed by atoms with E-state index in [2.05, 4.69) is 10.3 Å². The summed E-state index contributed by atoms with van der Waals surface area (Å²) in [6, 6.07) is 1.83. The Bertz CT molecular complexity index is 436. The van der Waals surface area contributed by atoms with Crippen molar-refractivity contribution in [3.63, 3.8) is 0 Å². The van der Waals surface area contributed by atoms with Crippen LogP contribution in [0.15, 0.2) is 12.3 Å². The summed E-state index contributed by atoms with van der Waals surface area (Å²) >= 11 is 0. The quantitative estimate of drug-likeness (QED) is 0.812. The molecule has 1 heterocycles. The van der Waals surface area contributed by atoms with Crippen LogP contribution >= 0.6 is 0 Å². The lowest BCUT2D eigenvalue weighted by Gasteiger charge is -2.20. The second-order valence-corrected chi connectivity index (χ2v) is 5.26. The zero-order chi connectivity index (χ0) is 12.5. The molecule has 1 aliphatic rings. The molecule has 0 atom stereocenters. The van der Waals surface area contributed by atoms with E-state index in [0.717, 1.165) is 36.2 Å². The first-order valence-corrected chi connectivity index (χ1v) is 5.92. The SMILES string of the molecule is CC(C)(C)OC(=O)Nc1ccnc2c1CCC2. The average molecular weight is 234 g/mol. The Morgan fingerprint density at radius 2 is 2.18 bits per heavy atom. The van der Waals surface area contributed by atoms with Crippen LogP contribution in [0.2, 0.25) is 0 Å². The molecule has 1 amide bonds. The van der Waals surface area contributed by atoms with E-state index >= 15 is 0 Å². The maximum Gasteiger partial charge on any atom is 0.412 e. The van der Waals surface area contributed by atoms with E-state index in [9.17, 15) is 4.79 Å². The van der Waals surface area contributed by atoms with Gasteiger partial charge in [0.25, 0.3) is 0 Å². The van der Waals surface area contributed by atoms with Crippen LogP contribution in [-0.4, -0.2) is 16.7 Å². The third-order valence-corrected chi connectivity index (χ3v) is 2.62. The monoisotopic (exact) mass is 234 g/mol. The summed E-state index contributed by atoms with van der Waals surface area (Å²) < 4.78 is 5.23. The van der Waals surface area contributed by atoms with Crippen molar-refractivity contribution in [2.75, 3.05) is 5.32 Å². The predicted octanol–water partition coefficient (Wildman–Crippen LogP) is 2.92. The van der Waals surface area contributed by atoms with Gasteiger partial charge in [0.2, 0.25) is 0 Å². The molecule has 0 aromatic carbocycles. The first-order chi connectivity index (χ1) is 7.96. The average Bonchev–Trinajstić information content (AvgIpc) is 2.63. The largest absolute Gasteiger partial charge is 0.444 e. The molecule has 0 saturated carbocycles. The van der Waals surface area contributed by atoms with Crippen LogP contribution in [0.25, 0.3) is 0 Å². The Kier molecular flexibility index (Phi) is 3.05. The topological polar surface area (TPSA) is 51.2 Å². The highest BCUT2D eigenvalue weighted by molar-refractivity contribution is 5.86. The minimum absolute atomic E-state index is 0.405. The molecule has 0 saturated heterocycles. The maximum absolute atomic E-state index is 11.7. The van der Waals surface area contributed by atoms with Crippen LogP contribution in [0.4, 0.5) is 10.5 Å². The van der Waals surface area contributed by atoms with Gasteiger partial charge < -0.3 is 4.74 Å². The number of fused-ring (bicyclic) bond motifs is 1. The number of hydrogen-bond acceptors (Lipinski definition) is 3. The molecule has 0 aliphatic heterocycles. The number of pyridine rings is 1. The smallest absolute Gasteiger partial charge is 0.412 e. The zero-order valence-corrected chi connectivity index (χ0v) is 10.5. The van der Waals surface area contributed by atoms with Crippen molar-refractivity contribution in [1.82, 2.24) is 4.98 Å². The molecule has 1 aromatic rings. The minimum atomic E-state index is -0.472. The van der Waals surface area contributed by atoms with Gasteiger partial charge in [0.15, 0.2) is 0 Å². The van der Waals surface area contributed by atoms with Crippen LogP contribution in [0.1, 0.15) is 38.4 Å². The van der Waals surface area contributed by atoms with Crippen molar-refractivity contribution in [3.8, 4) is 0 Å².